The second-order valence-corrected chi connectivity index (χ2v) is 6.59. The molecule has 0 heterocycles. The van der Waals surface area contributed by atoms with Crippen LogP contribution in [-0.4, -0.2) is 5.91 Å². The van der Waals surface area contributed by atoms with Gasteiger partial charge >= 0.3 is 0 Å². The van der Waals surface area contributed by atoms with Crippen molar-refractivity contribution in [1.82, 2.24) is 5.32 Å². The molecule has 1 atom stereocenters. The molecular weight excluding hydrogens is 350 g/mol. The van der Waals surface area contributed by atoms with Crippen molar-refractivity contribution in [2.75, 3.05) is 0 Å². The van der Waals surface area contributed by atoms with E-state index in [-0.39, 0.29) is 11.9 Å². The van der Waals surface area contributed by atoms with Crippen molar-refractivity contribution >= 4 is 33.4 Å². The number of halogens is 2. The van der Waals surface area contributed by atoms with Crippen LogP contribution in [0.3, 0.4) is 0 Å². The molecule has 3 rings (SSSR count). The number of nitrogens with one attached hydrogen (secondary N) is 1. The lowest BCUT2D eigenvalue weighted by atomic mass is 10.0. The number of rotatable bonds is 4. The lowest BCUT2D eigenvalue weighted by Gasteiger charge is -2.19. The first-order valence-corrected chi connectivity index (χ1v) is 8.13. The predicted molar refractivity (Wildman–Crippen MR) is 88.5 cm³/mol. The van der Waals surface area contributed by atoms with Crippen molar-refractivity contribution < 1.29 is 4.79 Å². The largest absolute Gasteiger partial charge is 0.345 e. The molecule has 1 aliphatic rings. The van der Waals surface area contributed by atoms with E-state index in [4.69, 9.17) is 11.6 Å². The van der Waals surface area contributed by atoms with Crippen LogP contribution >= 0.6 is 27.5 Å². The van der Waals surface area contributed by atoms with Crippen molar-refractivity contribution in [2.45, 2.75) is 18.9 Å². The number of carbonyl (C=O) groups excluding carboxylic acids is 1. The van der Waals surface area contributed by atoms with E-state index in [0.717, 1.165) is 10.0 Å². The highest BCUT2D eigenvalue weighted by molar-refractivity contribution is 9.10. The third-order valence-corrected chi connectivity index (χ3v) is 4.95. The monoisotopic (exact) mass is 363 g/mol. The van der Waals surface area contributed by atoms with E-state index in [1.807, 2.05) is 18.2 Å². The average Bonchev–Trinajstić information content (AvgIpc) is 3.33. The van der Waals surface area contributed by atoms with Crippen LogP contribution in [0.5, 0.6) is 0 Å². The number of benzene rings is 2. The molecule has 21 heavy (non-hydrogen) atoms. The van der Waals surface area contributed by atoms with Gasteiger partial charge in [-0.1, -0.05) is 41.9 Å². The van der Waals surface area contributed by atoms with E-state index in [9.17, 15) is 4.79 Å². The van der Waals surface area contributed by atoms with Crippen LogP contribution in [0.1, 0.15) is 34.8 Å². The Kier molecular flexibility index (Phi) is 4.32. The van der Waals surface area contributed by atoms with Gasteiger partial charge in [-0.3, -0.25) is 4.79 Å². The zero-order chi connectivity index (χ0) is 14.8. The second kappa shape index (κ2) is 6.20. The SMILES string of the molecule is O=C(NC(c1ccccc1)C1CC1)c1ccc(Br)c(Cl)c1. The Morgan fingerprint density at radius 3 is 2.52 bits per heavy atom. The zero-order valence-electron chi connectivity index (χ0n) is 11.4. The predicted octanol–water partition coefficient (Wildman–Crippen LogP) is 4.98. The van der Waals surface area contributed by atoms with Gasteiger partial charge in [0.2, 0.25) is 0 Å². The van der Waals surface area contributed by atoms with Crippen LogP contribution in [0.2, 0.25) is 5.02 Å². The highest BCUT2D eigenvalue weighted by Crippen LogP contribution is 2.41. The van der Waals surface area contributed by atoms with Gasteiger partial charge in [0.15, 0.2) is 0 Å². The molecule has 0 bridgehead atoms. The molecule has 1 aliphatic carbocycles. The van der Waals surface area contributed by atoms with E-state index >= 15 is 0 Å². The van der Waals surface area contributed by atoms with Gasteiger partial charge in [0, 0.05) is 10.0 Å². The fraction of sp³-hybridized carbons (Fsp3) is 0.235. The number of hydrogen-bond donors (Lipinski definition) is 1. The van der Waals surface area contributed by atoms with Gasteiger partial charge in [0.1, 0.15) is 0 Å². The van der Waals surface area contributed by atoms with E-state index < -0.39 is 0 Å². The summed E-state index contributed by atoms with van der Waals surface area (Å²) in [5, 5.41) is 3.69. The Hall–Kier alpha value is -1.32. The minimum absolute atomic E-state index is 0.0786. The summed E-state index contributed by atoms with van der Waals surface area (Å²) in [5.41, 5.74) is 1.75. The van der Waals surface area contributed by atoms with Gasteiger partial charge in [0.05, 0.1) is 11.1 Å². The topological polar surface area (TPSA) is 29.1 Å². The summed E-state index contributed by atoms with van der Waals surface area (Å²) < 4.78 is 0.794. The molecule has 1 N–H and O–H groups in total. The molecule has 0 aliphatic heterocycles. The highest BCUT2D eigenvalue weighted by atomic mass is 79.9. The molecule has 108 valence electrons. The molecule has 1 unspecified atom stereocenters. The van der Waals surface area contributed by atoms with Crippen LogP contribution in [-0.2, 0) is 0 Å². The number of carbonyl (C=O) groups is 1. The minimum atomic E-state index is -0.0786. The smallest absolute Gasteiger partial charge is 0.251 e. The molecule has 1 saturated carbocycles. The summed E-state index contributed by atoms with van der Waals surface area (Å²) in [5.74, 6) is 0.465. The lowest BCUT2D eigenvalue weighted by molar-refractivity contribution is 0.0931. The standard InChI is InChI=1S/C17H15BrClNO/c18-14-9-8-13(10-15(14)19)17(21)20-16(12-6-7-12)11-4-2-1-3-5-11/h1-5,8-10,12,16H,6-7H2,(H,20,21). The zero-order valence-corrected chi connectivity index (χ0v) is 13.7. The summed E-state index contributed by atoms with van der Waals surface area (Å²) in [4.78, 5) is 12.4. The van der Waals surface area contributed by atoms with E-state index in [0.29, 0.717) is 16.5 Å². The molecule has 0 saturated heterocycles. The number of hydrogen-bond acceptors (Lipinski definition) is 1. The highest BCUT2D eigenvalue weighted by Gasteiger charge is 2.33. The first-order chi connectivity index (χ1) is 10.1. The fourth-order valence-corrected chi connectivity index (χ4v) is 2.85. The van der Waals surface area contributed by atoms with Crippen LogP contribution in [0.25, 0.3) is 0 Å². The van der Waals surface area contributed by atoms with E-state index in [2.05, 4.69) is 33.4 Å². The minimum Gasteiger partial charge on any atom is -0.345 e. The molecule has 1 amide bonds. The Morgan fingerprint density at radius 2 is 1.90 bits per heavy atom. The van der Waals surface area contributed by atoms with Crippen molar-refractivity contribution in [3.05, 3.63) is 69.2 Å². The van der Waals surface area contributed by atoms with Gasteiger partial charge in [-0.25, -0.2) is 0 Å². The second-order valence-electron chi connectivity index (χ2n) is 5.33. The fourth-order valence-electron chi connectivity index (χ4n) is 2.43. The van der Waals surface area contributed by atoms with Crippen molar-refractivity contribution in [3.63, 3.8) is 0 Å². The van der Waals surface area contributed by atoms with Gasteiger partial charge in [0.25, 0.3) is 5.91 Å². The molecule has 2 aromatic rings. The summed E-state index contributed by atoms with van der Waals surface area (Å²) in [6.45, 7) is 0. The molecule has 0 spiro atoms. The van der Waals surface area contributed by atoms with Gasteiger partial charge in [-0.15, -0.1) is 0 Å². The van der Waals surface area contributed by atoms with E-state index in [1.165, 1.54) is 12.8 Å². The maximum atomic E-state index is 12.4. The molecule has 0 radical (unpaired) electrons. The third kappa shape index (κ3) is 3.47. The van der Waals surface area contributed by atoms with Crippen molar-refractivity contribution in [2.24, 2.45) is 5.92 Å². The lowest BCUT2D eigenvalue weighted by Crippen LogP contribution is -2.29. The summed E-state index contributed by atoms with van der Waals surface area (Å²) in [6.07, 6.45) is 2.34. The van der Waals surface area contributed by atoms with Gasteiger partial charge in [-0.05, 0) is 58.5 Å². The Morgan fingerprint density at radius 1 is 1.19 bits per heavy atom. The van der Waals surface area contributed by atoms with Crippen LogP contribution in [0.15, 0.2) is 53.0 Å². The first-order valence-electron chi connectivity index (χ1n) is 6.96. The van der Waals surface area contributed by atoms with Crippen molar-refractivity contribution in [3.8, 4) is 0 Å². The normalized spacial score (nSPS) is 15.5. The third-order valence-electron chi connectivity index (χ3n) is 3.72. The quantitative estimate of drug-likeness (QED) is 0.814. The van der Waals surface area contributed by atoms with Gasteiger partial charge < -0.3 is 5.32 Å². The Labute approximate surface area is 137 Å². The molecular formula is C17H15BrClNO. The maximum absolute atomic E-state index is 12.4. The van der Waals surface area contributed by atoms with E-state index in [1.54, 1.807) is 18.2 Å². The Bertz CT molecular complexity index is 655. The van der Waals surface area contributed by atoms with Crippen LogP contribution in [0.4, 0.5) is 0 Å². The molecule has 0 aromatic heterocycles. The maximum Gasteiger partial charge on any atom is 0.251 e. The molecule has 2 nitrogen and oxygen atoms in total. The first kappa shape index (κ1) is 14.6. The van der Waals surface area contributed by atoms with Crippen LogP contribution in [0, 0.1) is 5.92 Å². The number of amides is 1. The molecule has 2 aromatic carbocycles. The Balaban J connectivity index is 1.79. The average molecular weight is 365 g/mol. The molecule has 4 heteroatoms. The van der Waals surface area contributed by atoms with Crippen LogP contribution < -0.4 is 5.32 Å². The van der Waals surface area contributed by atoms with Gasteiger partial charge in [-0.2, -0.15) is 0 Å². The van der Waals surface area contributed by atoms with Crippen molar-refractivity contribution in [1.29, 1.82) is 0 Å². The summed E-state index contributed by atoms with van der Waals surface area (Å²) >= 11 is 9.40. The molecule has 1 fully saturated rings. The summed E-state index contributed by atoms with van der Waals surface area (Å²) in [6, 6.07) is 15.5. The summed E-state index contributed by atoms with van der Waals surface area (Å²) in [7, 11) is 0.